The summed E-state index contributed by atoms with van der Waals surface area (Å²) >= 11 is 13.5. The van der Waals surface area contributed by atoms with Gasteiger partial charge in [-0.05, 0) is 36.6 Å². The van der Waals surface area contributed by atoms with Gasteiger partial charge in [0, 0.05) is 14.3 Å². The van der Waals surface area contributed by atoms with Crippen LogP contribution in [0.1, 0.15) is 21.5 Å². The number of hydrogen-bond acceptors (Lipinski definition) is 0. The molecule has 2 aromatic carbocycles. The van der Waals surface area contributed by atoms with E-state index >= 15 is 0 Å². The predicted octanol–water partition coefficient (Wildman–Crippen LogP) is 6.09. The van der Waals surface area contributed by atoms with Crippen molar-refractivity contribution in [3.8, 4) is 0 Å². The Morgan fingerprint density at radius 3 is 2.61 bits per heavy atom. The third-order valence-corrected chi connectivity index (χ3v) is 4.75. The maximum atomic E-state index is 6.19. The van der Waals surface area contributed by atoms with Crippen LogP contribution in [0.4, 0.5) is 0 Å². The molecule has 2 rings (SSSR count). The molecule has 0 aliphatic rings. The quantitative estimate of drug-likeness (QED) is 0.558. The first-order valence-electron chi connectivity index (χ1n) is 5.71. The average Bonchev–Trinajstić information content (AvgIpc) is 2.35. The van der Waals surface area contributed by atoms with Crippen molar-refractivity contribution in [2.24, 2.45) is 0 Å². The van der Waals surface area contributed by atoms with Crippen molar-refractivity contribution < 1.29 is 0 Å². The van der Waals surface area contributed by atoms with E-state index in [1.807, 2.05) is 18.2 Å². The van der Waals surface area contributed by atoms with E-state index in [0.717, 1.165) is 21.5 Å². The summed E-state index contributed by atoms with van der Waals surface area (Å²) in [6, 6.07) is 14.4. The van der Waals surface area contributed by atoms with E-state index < -0.39 is 0 Å². The molecule has 0 amide bonds. The molecule has 0 bridgehead atoms. The van der Waals surface area contributed by atoms with Gasteiger partial charge in [0.2, 0.25) is 0 Å². The molecule has 0 radical (unpaired) electrons. The Morgan fingerprint density at radius 1 is 1.17 bits per heavy atom. The minimum atomic E-state index is 0.256. The summed E-state index contributed by atoms with van der Waals surface area (Å²) in [5, 5.41) is 0.825. The Hall–Kier alpha value is -0.310. The van der Waals surface area contributed by atoms with Crippen molar-refractivity contribution in [3.63, 3.8) is 0 Å². The van der Waals surface area contributed by atoms with E-state index in [0.29, 0.717) is 0 Å². The Kier molecular flexibility index (Phi) is 4.88. The van der Waals surface area contributed by atoms with Crippen LogP contribution in [0.3, 0.4) is 0 Å². The van der Waals surface area contributed by atoms with Crippen LogP contribution in [0, 0.1) is 6.92 Å². The summed E-state index contributed by atoms with van der Waals surface area (Å²) < 4.78 is 1.13. The highest BCUT2D eigenvalue weighted by atomic mass is 79.9. The fourth-order valence-electron chi connectivity index (χ4n) is 1.87. The number of benzene rings is 2. The highest BCUT2D eigenvalue weighted by Crippen LogP contribution is 2.34. The first kappa shape index (κ1) is 14.1. The zero-order valence-electron chi connectivity index (χ0n) is 9.96. The molecule has 0 heterocycles. The van der Waals surface area contributed by atoms with Gasteiger partial charge in [0.05, 0.1) is 0 Å². The number of hydrogen-bond donors (Lipinski definition) is 0. The lowest BCUT2D eigenvalue weighted by atomic mass is 10.0. The Balaban J connectivity index is 2.25. The Labute approximate surface area is 130 Å². The second-order valence-corrected chi connectivity index (χ2v) is 6.65. The molecule has 0 aliphatic carbocycles. The minimum absolute atomic E-state index is 0.256. The van der Waals surface area contributed by atoms with Crippen LogP contribution in [-0.2, 0) is 6.42 Å². The van der Waals surface area contributed by atoms with E-state index in [1.54, 1.807) is 0 Å². The monoisotopic (exact) mass is 386 g/mol. The van der Waals surface area contributed by atoms with Crippen molar-refractivity contribution in [3.05, 3.63) is 68.7 Å². The van der Waals surface area contributed by atoms with Gasteiger partial charge in [-0.2, -0.15) is 0 Å². The van der Waals surface area contributed by atoms with Gasteiger partial charge in [0.1, 0.15) is 0 Å². The normalized spacial score (nSPS) is 12.4. The Morgan fingerprint density at radius 2 is 1.89 bits per heavy atom. The molecule has 18 heavy (non-hydrogen) atoms. The zero-order valence-corrected chi connectivity index (χ0v) is 13.9. The van der Waals surface area contributed by atoms with E-state index in [2.05, 4.69) is 63.0 Å². The molecule has 94 valence electrons. The van der Waals surface area contributed by atoms with Crippen molar-refractivity contribution in [1.29, 1.82) is 0 Å². The van der Waals surface area contributed by atoms with Crippen LogP contribution < -0.4 is 0 Å². The standard InChI is InChI=1S/C15H13Br2Cl/c1-10-6-7-13(16)12(8-10)14(17)9-11-4-2-3-5-15(11)18/h2-8,14H,9H2,1H3. The van der Waals surface area contributed by atoms with Gasteiger partial charge in [-0.3, -0.25) is 0 Å². The summed E-state index contributed by atoms with van der Waals surface area (Å²) in [4.78, 5) is 0.256. The van der Waals surface area contributed by atoms with E-state index in [4.69, 9.17) is 11.6 Å². The lowest BCUT2D eigenvalue weighted by Gasteiger charge is -2.14. The van der Waals surface area contributed by atoms with E-state index in [9.17, 15) is 0 Å². The molecule has 0 fully saturated rings. The first-order valence-corrected chi connectivity index (χ1v) is 7.80. The van der Waals surface area contributed by atoms with Crippen molar-refractivity contribution >= 4 is 43.5 Å². The van der Waals surface area contributed by atoms with Gasteiger partial charge in [0.15, 0.2) is 0 Å². The number of rotatable bonds is 3. The van der Waals surface area contributed by atoms with Crippen LogP contribution in [0.5, 0.6) is 0 Å². The van der Waals surface area contributed by atoms with Crippen LogP contribution in [0.15, 0.2) is 46.9 Å². The highest BCUT2D eigenvalue weighted by Gasteiger charge is 2.13. The van der Waals surface area contributed by atoms with E-state index in [-0.39, 0.29) is 4.83 Å². The summed E-state index contributed by atoms with van der Waals surface area (Å²) in [5.74, 6) is 0. The molecule has 1 unspecified atom stereocenters. The molecule has 3 heteroatoms. The molecule has 0 spiro atoms. The minimum Gasteiger partial charge on any atom is -0.0840 e. The Bertz CT molecular complexity index is 552. The third-order valence-electron chi connectivity index (χ3n) is 2.85. The third kappa shape index (κ3) is 3.37. The van der Waals surface area contributed by atoms with Gasteiger partial charge in [-0.25, -0.2) is 0 Å². The topological polar surface area (TPSA) is 0 Å². The molecule has 0 saturated carbocycles. The van der Waals surface area contributed by atoms with Crippen molar-refractivity contribution in [2.75, 3.05) is 0 Å². The van der Waals surface area contributed by atoms with Gasteiger partial charge in [0.25, 0.3) is 0 Å². The van der Waals surface area contributed by atoms with Crippen LogP contribution in [-0.4, -0.2) is 0 Å². The molecule has 0 nitrogen and oxygen atoms in total. The second-order valence-electron chi connectivity index (χ2n) is 4.29. The highest BCUT2D eigenvalue weighted by molar-refractivity contribution is 9.11. The lowest BCUT2D eigenvalue weighted by molar-refractivity contribution is 0.941. The average molecular weight is 389 g/mol. The zero-order chi connectivity index (χ0) is 13.1. The molecule has 0 saturated heterocycles. The van der Waals surface area contributed by atoms with Crippen LogP contribution in [0.25, 0.3) is 0 Å². The van der Waals surface area contributed by atoms with Crippen molar-refractivity contribution in [1.82, 2.24) is 0 Å². The molecule has 0 aromatic heterocycles. The number of halogens is 3. The molecule has 2 aromatic rings. The van der Waals surface area contributed by atoms with Gasteiger partial charge in [-0.1, -0.05) is 79.4 Å². The molecule has 0 N–H and O–H groups in total. The van der Waals surface area contributed by atoms with Crippen molar-refractivity contribution in [2.45, 2.75) is 18.2 Å². The SMILES string of the molecule is Cc1ccc(Br)c(C(Br)Cc2ccccc2Cl)c1. The smallest absolute Gasteiger partial charge is 0.0447 e. The maximum Gasteiger partial charge on any atom is 0.0447 e. The second kappa shape index (κ2) is 6.23. The lowest BCUT2D eigenvalue weighted by Crippen LogP contribution is -1.97. The summed E-state index contributed by atoms with van der Waals surface area (Å²) in [7, 11) is 0. The largest absolute Gasteiger partial charge is 0.0840 e. The fraction of sp³-hybridized carbons (Fsp3) is 0.200. The van der Waals surface area contributed by atoms with Gasteiger partial charge in [-0.15, -0.1) is 0 Å². The predicted molar refractivity (Wildman–Crippen MR) is 85.7 cm³/mol. The first-order chi connectivity index (χ1) is 8.58. The summed E-state index contributed by atoms with van der Waals surface area (Å²) in [6.07, 6.45) is 0.877. The van der Waals surface area contributed by atoms with Gasteiger partial charge < -0.3 is 0 Å². The molecular formula is C15H13Br2Cl. The number of alkyl halides is 1. The van der Waals surface area contributed by atoms with Crippen LogP contribution in [0.2, 0.25) is 5.02 Å². The van der Waals surface area contributed by atoms with Gasteiger partial charge >= 0.3 is 0 Å². The molecule has 0 aliphatic heterocycles. The summed E-state index contributed by atoms with van der Waals surface area (Å²) in [5.41, 5.74) is 3.68. The fourth-order valence-corrected chi connectivity index (χ4v) is 3.64. The van der Waals surface area contributed by atoms with E-state index in [1.165, 1.54) is 11.1 Å². The van der Waals surface area contributed by atoms with Crippen LogP contribution >= 0.6 is 43.5 Å². The number of aryl methyl sites for hydroxylation is 1. The summed E-state index contributed by atoms with van der Waals surface area (Å²) in [6.45, 7) is 2.10. The molecular weight excluding hydrogens is 375 g/mol. The maximum absolute atomic E-state index is 6.19. The molecule has 1 atom stereocenters.